The summed E-state index contributed by atoms with van der Waals surface area (Å²) in [5.74, 6) is 1.96. The number of rotatable bonds is 3. The van der Waals surface area contributed by atoms with Crippen molar-refractivity contribution in [3.05, 3.63) is 28.7 Å². The van der Waals surface area contributed by atoms with E-state index < -0.39 is 5.60 Å². The number of hydrogen-bond acceptors (Lipinski definition) is 7. The van der Waals surface area contributed by atoms with Crippen LogP contribution in [0.15, 0.2) is 18.3 Å². The van der Waals surface area contributed by atoms with Crippen LogP contribution in [0, 0.1) is 11.7 Å². The highest BCUT2D eigenvalue weighted by Gasteiger charge is 2.55. The molecule has 9 heteroatoms. The highest BCUT2D eigenvalue weighted by molar-refractivity contribution is 7.71. The van der Waals surface area contributed by atoms with Crippen molar-refractivity contribution >= 4 is 35.0 Å². The molecule has 2 aromatic heterocycles. The number of nitrogens with one attached hydrogen (secondary N) is 1. The molecule has 2 fully saturated rings. The summed E-state index contributed by atoms with van der Waals surface area (Å²) in [6.07, 6.45) is 6.03. The first-order valence-corrected chi connectivity index (χ1v) is 10.6. The number of nitrogens with zero attached hydrogens (tertiary/aromatic N) is 4. The second-order valence-electron chi connectivity index (χ2n) is 8.85. The molecule has 3 aromatic rings. The first-order chi connectivity index (χ1) is 14.4. The summed E-state index contributed by atoms with van der Waals surface area (Å²) in [5.41, 5.74) is 2.87. The van der Waals surface area contributed by atoms with Crippen LogP contribution in [-0.2, 0) is 12.6 Å². The molecule has 0 saturated heterocycles. The molecule has 2 saturated carbocycles. The lowest BCUT2D eigenvalue weighted by Crippen LogP contribution is -2.29. The van der Waals surface area contributed by atoms with Gasteiger partial charge in [0, 0.05) is 18.8 Å². The van der Waals surface area contributed by atoms with Gasteiger partial charge in [-0.05, 0) is 62.9 Å². The molecule has 3 aliphatic rings. The van der Waals surface area contributed by atoms with Crippen molar-refractivity contribution < 1.29 is 14.6 Å². The molecule has 2 N–H and O–H groups in total. The summed E-state index contributed by atoms with van der Waals surface area (Å²) in [6.45, 7) is 2.24. The van der Waals surface area contributed by atoms with Crippen LogP contribution in [-0.4, -0.2) is 36.6 Å². The number of benzene rings is 1. The van der Waals surface area contributed by atoms with E-state index in [0.29, 0.717) is 11.7 Å². The largest absolute Gasteiger partial charge is 0.454 e. The Balaban J connectivity index is 1.45. The number of hydrogen-bond donors (Lipinski definition) is 2. The topological polar surface area (TPSA) is 86.4 Å². The van der Waals surface area contributed by atoms with Gasteiger partial charge in [-0.25, -0.2) is 4.98 Å². The fourth-order valence-electron chi connectivity index (χ4n) is 5.35. The van der Waals surface area contributed by atoms with E-state index in [4.69, 9.17) is 26.7 Å². The zero-order chi connectivity index (χ0) is 20.7. The predicted octanol–water partition coefficient (Wildman–Crippen LogP) is 3.68. The monoisotopic (exact) mass is 425 g/mol. The van der Waals surface area contributed by atoms with Crippen LogP contribution in [0.25, 0.3) is 11.2 Å². The van der Waals surface area contributed by atoms with Gasteiger partial charge in [-0.15, -0.1) is 0 Å². The maximum absolute atomic E-state index is 10.8. The van der Waals surface area contributed by atoms with Crippen LogP contribution in [0.5, 0.6) is 11.5 Å². The Labute approximate surface area is 178 Å². The molecular weight excluding hydrogens is 402 g/mol. The maximum Gasteiger partial charge on any atom is 0.231 e. The van der Waals surface area contributed by atoms with Gasteiger partial charge in [0.2, 0.25) is 12.7 Å². The van der Waals surface area contributed by atoms with Crippen molar-refractivity contribution in [3.8, 4) is 11.5 Å². The first-order valence-electron chi connectivity index (χ1n) is 10.2. The Kier molecular flexibility index (Phi) is 3.60. The second kappa shape index (κ2) is 5.95. The standard InChI is InChI=1S/C21H23N5O3S/c1-12-7-15-16(29-11-28-15)8-13(12)23-18-22-9-14-17(24-18)26(19(30)25(14)2)20-3-5-21(27,10-20)6-4-20/h7-9,27H,3-6,10-11H2,1-2H3,(H,22,23,24). The fraction of sp³-hybridized carbons (Fsp3) is 0.476. The van der Waals surface area contributed by atoms with Crippen molar-refractivity contribution in [2.45, 2.75) is 50.2 Å². The van der Waals surface area contributed by atoms with Gasteiger partial charge in [-0.1, -0.05) is 0 Å². The predicted molar refractivity (Wildman–Crippen MR) is 114 cm³/mol. The summed E-state index contributed by atoms with van der Waals surface area (Å²) >= 11 is 5.80. The van der Waals surface area contributed by atoms with Crippen LogP contribution < -0.4 is 14.8 Å². The number of fused-ring (bicyclic) bond motifs is 4. The lowest BCUT2D eigenvalue weighted by atomic mass is 9.92. The smallest absolute Gasteiger partial charge is 0.231 e. The van der Waals surface area contributed by atoms with E-state index in [1.165, 1.54) is 0 Å². The van der Waals surface area contributed by atoms with Crippen LogP contribution in [0.2, 0.25) is 0 Å². The molecule has 6 rings (SSSR count). The van der Waals surface area contributed by atoms with Crippen molar-refractivity contribution in [2.24, 2.45) is 7.05 Å². The molecule has 30 heavy (non-hydrogen) atoms. The van der Waals surface area contributed by atoms with E-state index in [1.54, 1.807) is 0 Å². The number of aryl methyl sites for hydroxylation is 2. The van der Waals surface area contributed by atoms with Gasteiger partial charge in [-0.3, -0.25) is 4.57 Å². The van der Waals surface area contributed by atoms with Crippen molar-refractivity contribution in [3.63, 3.8) is 0 Å². The first kappa shape index (κ1) is 18.1. The van der Waals surface area contributed by atoms with E-state index in [2.05, 4.69) is 14.9 Å². The van der Waals surface area contributed by atoms with Crippen molar-refractivity contribution in [1.29, 1.82) is 0 Å². The molecule has 156 valence electrons. The lowest BCUT2D eigenvalue weighted by molar-refractivity contribution is 0.0521. The molecule has 1 aromatic carbocycles. The molecular formula is C21H23N5O3S. The highest BCUT2D eigenvalue weighted by atomic mass is 32.1. The highest BCUT2D eigenvalue weighted by Crippen LogP contribution is 2.55. The molecule has 2 aliphatic carbocycles. The average Bonchev–Trinajstić information content (AvgIpc) is 3.45. The lowest BCUT2D eigenvalue weighted by Gasteiger charge is -2.28. The number of anilines is 2. The minimum atomic E-state index is -0.561. The Morgan fingerprint density at radius 3 is 2.60 bits per heavy atom. The number of aliphatic hydroxyl groups is 1. The Morgan fingerprint density at radius 2 is 1.90 bits per heavy atom. The maximum atomic E-state index is 10.8. The number of ether oxygens (including phenoxy) is 2. The van der Waals surface area contributed by atoms with E-state index in [1.807, 2.05) is 36.9 Å². The van der Waals surface area contributed by atoms with Crippen LogP contribution in [0.1, 0.15) is 37.7 Å². The van der Waals surface area contributed by atoms with E-state index in [9.17, 15) is 5.11 Å². The SMILES string of the molecule is Cc1cc2c(cc1Nc1ncc3c(n1)n(C14CCC(O)(CC1)C4)c(=S)n3C)OCO2. The zero-order valence-corrected chi connectivity index (χ0v) is 17.8. The Bertz CT molecular complexity index is 1260. The van der Waals surface area contributed by atoms with Gasteiger partial charge >= 0.3 is 0 Å². The molecule has 0 radical (unpaired) electrons. The molecule has 1 aliphatic heterocycles. The Morgan fingerprint density at radius 1 is 1.17 bits per heavy atom. The van der Waals surface area contributed by atoms with Crippen LogP contribution in [0.3, 0.4) is 0 Å². The summed E-state index contributed by atoms with van der Waals surface area (Å²) < 4.78 is 15.8. The van der Waals surface area contributed by atoms with Gasteiger partial charge in [0.1, 0.15) is 5.52 Å². The summed E-state index contributed by atoms with van der Waals surface area (Å²) in [7, 11) is 1.95. The third-order valence-corrected chi connectivity index (χ3v) is 7.47. The molecule has 0 amide bonds. The Hall–Kier alpha value is -2.65. The van der Waals surface area contributed by atoms with E-state index >= 15 is 0 Å². The van der Waals surface area contributed by atoms with Crippen LogP contribution in [0.4, 0.5) is 11.6 Å². The number of imidazole rings is 1. The molecule has 8 nitrogen and oxygen atoms in total. The molecule has 2 bridgehead atoms. The molecule has 0 spiro atoms. The minimum Gasteiger partial charge on any atom is -0.454 e. The van der Waals surface area contributed by atoms with Gasteiger partial charge in [0.25, 0.3) is 0 Å². The molecule has 0 atom stereocenters. The second-order valence-corrected chi connectivity index (χ2v) is 9.22. The van der Waals surface area contributed by atoms with E-state index in [0.717, 1.165) is 65.0 Å². The van der Waals surface area contributed by atoms with Crippen LogP contribution >= 0.6 is 12.2 Å². The fourth-order valence-corrected chi connectivity index (χ4v) is 5.73. The van der Waals surface area contributed by atoms with Gasteiger partial charge in [0.15, 0.2) is 21.9 Å². The third kappa shape index (κ3) is 2.45. The van der Waals surface area contributed by atoms with Gasteiger partial charge in [0.05, 0.1) is 17.3 Å². The van der Waals surface area contributed by atoms with E-state index in [-0.39, 0.29) is 12.3 Å². The summed E-state index contributed by atoms with van der Waals surface area (Å²) in [5, 5.41) is 14.1. The average molecular weight is 426 g/mol. The summed E-state index contributed by atoms with van der Waals surface area (Å²) in [4.78, 5) is 9.39. The summed E-state index contributed by atoms with van der Waals surface area (Å²) in [6, 6.07) is 3.86. The number of aromatic nitrogens is 4. The quantitative estimate of drug-likeness (QED) is 0.619. The zero-order valence-electron chi connectivity index (χ0n) is 16.9. The third-order valence-electron chi connectivity index (χ3n) is 7.01. The normalized spacial score (nSPS) is 26.6. The van der Waals surface area contributed by atoms with Gasteiger partial charge in [-0.2, -0.15) is 4.98 Å². The molecule has 3 heterocycles. The van der Waals surface area contributed by atoms with Crippen molar-refractivity contribution in [1.82, 2.24) is 19.1 Å². The van der Waals surface area contributed by atoms with Gasteiger partial charge < -0.3 is 24.5 Å². The molecule has 0 unspecified atom stereocenters. The minimum absolute atomic E-state index is 0.161. The van der Waals surface area contributed by atoms with Crippen molar-refractivity contribution in [2.75, 3.05) is 12.1 Å².